The molecule has 4 atom stereocenters. The molecule has 4 rings (SSSR count). The Kier molecular flexibility index (Phi) is 3.51. The Bertz CT molecular complexity index is 668. The van der Waals surface area contributed by atoms with E-state index in [-0.39, 0.29) is 35.8 Å². The minimum atomic E-state index is -0.675. The van der Waals surface area contributed by atoms with Crippen molar-refractivity contribution in [3.8, 4) is 0 Å². The molecule has 1 spiro atoms. The molecule has 0 aromatic heterocycles. The minimum absolute atomic E-state index is 0.00147. The summed E-state index contributed by atoms with van der Waals surface area (Å²) < 4.78 is 6.13. The van der Waals surface area contributed by atoms with Crippen molar-refractivity contribution in [1.82, 2.24) is 15.1 Å². The van der Waals surface area contributed by atoms with Crippen LogP contribution in [-0.4, -0.2) is 72.0 Å². The summed E-state index contributed by atoms with van der Waals surface area (Å²) >= 11 is 0. The lowest BCUT2D eigenvalue weighted by atomic mass is 9.76. The minimum Gasteiger partial charge on any atom is -0.360 e. The molecule has 0 radical (unpaired) electrons. The molecule has 7 nitrogen and oxygen atoms in total. The number of hydrogen-bond acceptors (Lipinski definition) is 4. The summed E-state index contributed by atoms with van der Waals surface area (Å²) in [4.78, 5) is 41.2. The van der Waals surface area contributed by atoms with Crippen LogP contribution in [-0.2, 0) is 19.1 Å². The van der Waals surface area contributed by atoms with Crippen LogP contribution in [0, 0.1) is 17.3 Å². The monoisotopic (exact) mass is 347 g/mol. The van der Waals surface area contributed by atoms with Gasteiger partial charge >= 0.3 is 0 Å². The number of nitrogens with one attached hydrogen (secondary N) is 1. The van der Waals surface area contributed by atoms with Gasteiger partial charge in [0.25, 0.3) is 0 Å². The van der Waals surface area contributed by atoms with Crippen molar-refractivity contribution in [2.45, 2.75) is 32.5 Å². The van der Waals surface area contributed by atoms with Crippen LogP contribution in [0.3, 0.4) is 0 Å². The van der Waals surface area contributed by atoms with Gasteiger partial charge in [0.1, 0.15) is 5.60 Å². The van der Waals surface area contributed by atoms with E-state index in [2.05, 4.69) is 26.1 Å². The highest BCUT2D eigenvalue weighted by Gasteiger charge is 2.67. The van der Waals surface area contributed by atoms with Crippen LogP contribution in [0.25, 0.3) is 0 Å². The molecule has 3 fully saturated rings. The lowest BCUT2D eigenvalue weighted by Gasteiger charge is -2.32. The zero-order chi connectivity index (χ0) is 18.0. The first-order valence-corrected chi connectivity index (χ1v) is 8.92. The molecule has 0 saturated carbocycles. The topological polar surface area (TPSA) is 79.0 Å². The highest BCUT2D eigenvalue weighted by Crippen LogP contribution is 2.52. The SMILES string of the molecule is CC(C)(C)CN1C[C@]23C=C[C@H](O2)[C@H](C(=O)N2CCNC(=O)C2)[C@@H]3C1=O. The average molecular weight is 347 g/mol. The zero-order valence-electron chi connectivity index (χ0n) is 14.9. The number of carbonyl (C=O) groups is 3. The van der Waals surface area contributed by atoms with Crippen LogP contribution >= 0.6 is 0 Å². The molecule has 4 heterocycles. The van der Waals surface area contributed by atoms with E-state index in [1.807, 2.05) is 17.1 Å². The van der Waals surface area contributed by atoms with Crippen molar-refractivity contribution in [3.05, 3.63) is 12.2 Å². The van der Waals surface area contributed by atoms with Crippen molar-refractivity contribution in [3.63, 3.8) is 0 Å². The molecule has 4 aliphatic heterocycles. The van der Waals surface area contributed by atoms with Crippen LogP contribution in [0.15, 0.2) is 12.2 Å². The molecule has 136 valence electrons. The molecule has 0 unspecified atom stereocenters. The summed E-state index contributed by atoms with van der Waals surface area (Å²) in [5.74, 6) is -1.28. The molecule has 2 bridgehead atoms. The van der Waals surface area contributed by atoms with Gasteiger partial charge in [-0.2, -0.15) is 0 Å². The number of fused-ring (bicyclic) bond motifs is 1. The van der Waals surface area contributed by atoms with E-state index < -0.39 is 17.4 Å². The van der Waals surface area contributed by atoms with Gasteiger partial charge in [0.05, 0.1) is 31.0 Å². The lowest BCUT2D eigenvalue weighted by Crippen LogP contribution is -2.54. The fourth-order valence-electron chi connectivity index (χ4n) is 4.60. The van der Waals surface area contributed by atoms with Gasteiger partial charge in [0, 0.05) is 19.6 Å². The Morgan fingerprint density at radius 1 is 1.40 bits per heavy atom. The Balaban J connectivity index is 1.59. The van der Waals surface area contributed by atoms with E-state index >= 15 is 0 Å². The Morgan fingerprint density at radius 2 is 2.16 bits per heavy atom. The molecule has 3 amide bonds. The van der Waals surface area contributed by atoms with Crippen LogP contribution in [0.5, 0.6) is 0 Å². The van der Waals surface area contributed by atoms with Gasteiger partial charge < -0.3 is 19.9 Å². The van der Waals surface area contributed by atoms with E-state index in [9.17, 15) is 14.4 Å². The number of hydrogen-bond donors (Lipinski definition) is 1. The number of piperazine rings is 1. The normalized spacial score (nSPS) is 36.8. The predicted octanol–water partition coefficient (Wildman–Crippen LogP) is -0.227. The van der Waals surface area contributed by atoms with Crippen LogP contribution in [0.2, 0.25) is 0 Å². The van der Waals surface area contributed by atoms with Gasteiger partial charge in [0.15, 0.2) is 0 Å². The van der Waals surface area contributed by atoms with Crippen LogP contribution < -0.4 is 5.32 Å². The molecule has 7 heteroatoms. The highest BCUT2D eigenvalue weighted by atomic mass is 16.5. The van der Waals surface area contributed by atoms with E-state index in [1.165, 1.54) is 0 Å². The maximum absolute atomic E-state index is 13.1. The van der Waals surface area contributed by atoms with Gasteiger partial charge in [-0.1, -0.05) is 32.9 Å². The second-order valence-corrected chi connectivity index (χ2v) is 8.76. The first kappa shape index (κ1) is 16.6. The first-order chi connectivity index (χ1) is 11.7. The van der Waals surface area contributed by atoms with Crippen LogP contribution in [0.1, 0.15) is 20.8 Å². The number of rotatable bonds is 2. The number of nitrogens with zero attached hydrogens (tertiary/aromatic N) is 2. The standard InChI is InChI=1S/C18H25N3O4/c1-17(2,3)9-21-10-18-5-4-11(25-18)13(14(18)16(21)24)15(23)20-7-6-19-12(22)8-20/h4-5,11,13-14H,6-10H2,1-3H3,(H,19,22)/t11-,13-,14+,18-/m0/s1. The molecule has 1 N–H and O–H groups in total. The van der Waals surface area contributed by atoms with Crippen LogP contribution in [0.4, 0.5) is 0 Å². The van der Waals surface area contributed by atoms with Crippen molar-refractivity contribution >= 4 is 17.7 Å². The Morgan fingerprint density at radius 3 is 2.84 bits per heavy atom. The van der Waals surface area contributed by atoms with Crippen molar-refractivity contribution in [2.75, 3.05) is 32.7 Å². The average Bonchev–Trinajstić information content (AvgIpc) is 3.14. The van der Waals surface area contributed by atoms with Gasteiger partial charge in [0.2, 0.25) is 17.7 Å². The number of likely N-dealkylation sites (tertiary alicyclic amines) is 1. The largest absolute Gasteiger partial charge is 0.360 e. The number of carbonyl (C=O) groups excluding carboxylic acids is 3. The molecule has 3 saturated heterocycles. The van der Waals surface area contributed by atoms with E-state index in [4.69, 9.17) is 4.74 Å². The zero-order valence-corrected chi connectivity index (χ0v) is 14.9. The van der Waals surface area contributed by atoms with Gasteiger partial charge in [-0.05, 0) is 5.41 Å². The van der Waals surface area contributed by atoms with Crippen molar-refractivity contribution in [2.24, 2.45) is 17.3 Å². The van der Waals surface area contributed by atoms with Crippen molar-refractivity contribution < 1.29 is 19.1 Å². The third-order valence-electron chi connectivity index (χ3n) is 5.48. The van der Waals surface area contributed by atoms with Crippen molar-refractivity contribution in [1.29, 1.82) is 0 Å². The summed E-state index contributed by atoms with van der Waals surface area (Å²) in [7, 11) is 0. The van der Waals surface area contributed by atoms with E-state index in [0.717, 1.165) is 0 Å². The fourth-order valence-corrected chi connectivity index (χ4v) is 4.60. The number of amides is 3. The van der Waals surface area contributed by atoms with Gasteiger partial charge in [-0.25, -0.2) is 0 Å². The van der Waals surface area contributed by atoms with Gasteiger partial charge in [-0.15, -0.1) is 0 Å². The molecular weight excluding hydrogens is 322 g/mol. The Hall–Kier alpha value is -1.89. The molecule has 4 aliphatic rings. The number of ether oxygens (including phenoxy) is 1. The third-order valence-corrected chi connectivity index (χ3v) is 5.48. The quantitative estimate of drug-likeness (QED) is 0.700. The molecule has 0 aromatic carbocycles. The first-order valence-electron chi connectivity index (χ1n) is 8.92. The third kappa shape index (κ3) is 2.56. The van der Waals surface area contributed by atoms with Gasteiger partial charge in [-0.3, -0.25) is 14.4 Å². The summed E-state index contributed by atoms with van der Waals surface area (Å²) in [6, 6.07) is 0. The predicted molar refractivity (Wildman–Crippen MR) is 89.3 cm³/mol. The molecule has 25 heavy (non-hydrogen) atoms. The molecule has 0 aromatic rings. The highest BCUT2D eigenvalue weighted by molar-refractivity contribution is 5.94. The van der Waals surface area contributed by atoms with E-state index in [1.54, 1.807) is 4.90 Å². The smallest absolute Gasteiger partial charge is 0.239 e. The maximum Gasteiger partial charge on any atom is 0.239 e. The molecule has 0 aliphatic carbocycles. The summed E-state index contributed by atoms with van der Waals surface area (Å²) in [6.45, 7) is 8.42. The molecular formula is C18H25N3O4. The second kappa shape index (κ2) is 5.30. The summed E-state index contributed by atoms with van der Waals surface area (Å²) in [6.07, 6.45) is 3.52. The lowest BCUT2D eigenvalue weighted by molar-refractivity contribution is -0.146. The summed E-state index contributed by atoms with van der Waals surface area (Å²) in [5.41, 5.74) is -0.692. The Labute approximate surface area is 147 Å². The fraction of sp³-hybridized carbons (Fsp3) is 0.722. The summed E-state index contributed by atoms with van der Waals surface area (Å²) in [5, 5.41) is 2.72. The second-order valence-electron chi connectivity index (χ2n) is 8.76. The maximum atomic E-state index is 13.1. The van der Waals surface area contributed by atoms with E-state index in [0.29, 0.717) is 26.2 Å².